The lowest BCUT2D eigenvalue weighted by Crippen LogP contribution is -2.61. The van der Waals surface area contributed by atoms with Gasteiger partial charge in [0, 0.05) is 29.0 Å². The first-order valence-corrected chi connectivity index (χ1v) is 8.47. The van der Waals surface area contributed by atoms with E-state index in [1.807, 2.05) is 6.92 Å². The van der Waals surface area contributed by atoms with Gasteiger partial charge >= 0.3 is 5.97 Å². The van der Waals surface area contributed by atoms with Crippen LogP contribution in [0, 0.1) is 10.1 Å². The number of allylic oxidation sites excluding steroid dienone is 1. The topological polar surface area (TPSA) is 83.7 Å². The van der Waals surface area contributed by atoms with Crippen LogP contribution in [0.15, 0.2) is 47.0 Å². The van der Waals surface area contributed by atoms with Crippen molar-refractivity contribution in [2.45, 2.75) is 24.6 Å². The third-order valence-corrected chi connectivity index (χ3v) is 6.26. The van der Waals surface area contributed by atoms with Crippen molar-refractivity contribution in [2.24, 2.45) is 0 Å². The van der Waals surface area contributed by atoms with Crippen LogP contribution in [-0.4, -0.2) is 30.8 Å². The average Bonchev–Trinajstić information content (AvgIpc) is 2.86. The van der Waals surface area contributed by atoms with Crippen molar-refractivity contribution in [3.8, 4) is 0 Å². The van der Waals surface area contributed by atoms with Crippen LogP contribution in [0.3, 0.4) is 0 Å². The van der Waals surface area contributed by atoms with Crippen molar-refractivity contribution in [3.05, 3.63) is 62.7 Å². The maximum absolute atomic E-state index is 11.7. The number of benzene rings is 1. The van der Waals surface area contributed by atoms with Gasteiger partial charge in [0.25, 0.3) is 5.69 Å². The van der Waals surface area contributed by atoms with Crippen LogP contribution >= 0.6 is 24.0 Å². The van der Waals surface area contributed by atoms with E-state index in [4.69, 9.17) is 12.2 Å². The molecular formula is C16H14N2O4S2. The second kappa shape index (κ2) is 5.71. The molecule has 0 radical (unpaired) electrons. The van der Waals surface area contributed by atoms with Crippen LogP contribution in [0.4, 0.5) is 5.69 Å². The summed E-state index contributed by atoms with van der Waals surface area (Å²) < 4.78 is 0. The molecule has 0 bridgehead atoms. The maximum Gasteiger partial charge on any atom is 0.353 e. The van der Waals surface area contributed by atoms with E-state index >= 15 is 0 Å². The second-order valence-corrected chi connectivity index (χ2v) is 7.30. The number of thiocarbonyl (C=S) groups is 1. The van der Waals surface area contributed by atoms with Gasteiger partial charge in [0.1, 0.15) is 15.6 Å². The molecule has 1 N–H and O–H groups in total. The first kappa shape index (κ1) is 16.7. The largest absolute Gasteiger partial charge is 0.477 e. The third kappa shape index (κ3) is 2.25. The molecule has 1 saturated heterocycles. The predicted molar refractivity (Wildman–Crippen MR) is 95.7 cm³/mol. The molecule has 1 aromatic carbocycles. The van der Waals surface area contributed by atoms with E-state index in [9.17, 15) is 20.0 Å². The quantitative estimate of drug-likeness (QED) is 0.371. The number of hydrogen-bond acceptors (Lipinski definition) is 5. The van der Waals surface area contributed by atoms with Gasteiger partial charge < -0.3 is 10.0 Å². The molecule has 6 nitrogen and oxygen atoms in total. The lowest BCUT2D eigenvalue weighted by molar-refractivity contribution is -0.384. The highest BCUT2D eigenvalue weighted by Gasteiger charge is 2.60. The molecule has 124 valence electrons. The van der Waals surface area contributed by atoms with Crippen LogP contribution in [0.25, 0.3) is 0 Å². The summed E-state index contributed by atoms with van der Waals surface area (Å²) in [5.74, 6) is -1.00. The van der Waals surface area contributed by atoms with Gasteiger partial charge in [-0.2, -0.15) is 0 Å². The van der Waals surface area contributed by atoms with Crippen molar-refractivity contribution < 1.29 is 14.8 Å². The Hall–Kier alpha value is -2.19. The number of carboxylic acid groups (broad SMARTS) is 1. The number of carbonyl (C=O) groups is 1. The number of non-ortho nitro benzene ring substituents is 1. The molecule has 24 heavy (non-hydrogen) atoms. The number of hydrogen-bond donors (Lipinski definition) is 1. The van der Waals surface area contributed by atoms with Crippen molar-refractivity contribution in [3.63, 3.8) is 0 Å². The standard InChI is InChI=1S/C16H14N2O4S2/c1-3-12-13(15(19)20)17-14(23)9(2)16(17,24-12)8-10-4-6-11(7-5-10)18(21)22/h4-7H,2-3,8H2,1H3,(H,19,20). The summed E-state index contributed by atoms with van der Waals surface area (Å²) >= 11 is 6.78. The molecule has 0 amide bonds. The zero-order valence-corrected chi connectivity index (χ0v) is 14.4. The molecule has 0 aromatic heterocycles. The number of aliphatic carboxylic acids is 1. The Morgan fingerprint density at radius 2 is 2.08 bits per heavy atom. The van der Waals surface area contributed by atoms with Gasteiger partial charge in [-0.05, 0) is 12.0 Å². The van der Waals surface area contributed by atoms with Gasteiger partial charge in [-0.1, -0.05) is 49.6 Å². The molecule has 1 fully saturated rings. The normalized spacial score (nSPS) is 22.5. The summed E-state index contributed by atoms with van der Waals surface area (Å²) in [6.45, 7) is 5.93. The Morgan fingerprint density at radius 3 is 2.58 bits per heavy atom. The first-order chi connectivity index (χ1) is 11.3. The molecule has 0 saturated carbocycles. The van der Waals surface area contributed by atoms with Crippen LogP contribution < -0.4 is 0 Å². The monoisotopic (exact) mass is 362 g/mol. The van der Waals surface area contributed by atoms with Crippen molar-refractivity contribution >= 4 is 40.6 Å². The number of thioether (sulfide) groups is 1. The summed E-state index contributed by atoms with van der Waals surface area (Å²) in [6, 6.07) is 6.26. The molecule has 3 rings (SSSR count). The Bertz CT molecular complexity index is 816. The SMILES string of the molecule is C=C1C(=S)N2C(C(=O)O)=C(CC)SC12Cc1ccc([N+](=O)[O-])cc1. The molecule has 0 spiro atoms. The Kier molecular flexibility index (Phi) is 3.97. The number of rotatable bonds is 5. The smallest absolute Gasteiger partial charge is 0.353 e. The maximum atomic E-state index is 11.7. The number of nitro benzene ring substituents is 1. The van der Waals surface area contributed by atoms with Gasteiger partial charge in [0.2, 0.25) is 0 Å². The number of fused-ring (bicyclic) bond motifs is 1. The van der Waals surface area contributed by atoms with E-state index < -0.39 is 15.8 Å². The number of nitro groups is 1. The van der Waals surface area contributed by atoms with E-state index in [1.165, 1.54) is 23.9 Å². The summed E-state index contributed by atoms with van der Waals surface area (Å²) in [6.07, 6.45) is 1.08. The predicted octanol–water partition coefficient (Wildman–Crippen LogP) is 3.49. The van der Waals surface area contributed by atoms with Crippen LogP contribution in [-0.2, 0) is 11.2 Å². The van der Waals surface area contributed by atoms with Crippen molar-refractivity contribution in [1.29, 1.82) is 0 Å². The minimum atomic E-state index is -1.00. The van der Waals surface area contributed by atoms with E-state index in [-0.39, 0.29) is 11.4 Å². The van der Waals surface area contributed by atoms with E-state index in [0.717, 1.165) is 16.0 Å². The molecule has 1 aromatic rings. The Balaban J connectivity index is 1.95. The fourth-order valence-electron chi connectivity index (χ4n) is 3.00. The van der Waals surface area contributed by atoms with E-state index in [2.05, 4.69) is 6.58 Å². The van der Waals surface area contributed by atoms with Crippen LogP contribution in [0.1, 0.15) is 18.9 Å². The van der Waals surface area contributed by atoms with Gasteiger partial charge in [0.05, 0.1) is 4.92 Å². The summed E-state index contributed by atoms with van der Waals surface area (Å²) in [7, 11) is 0. The Labute approximate surface area is 148 Å². The molecule has 0 aliphatic carbocycles. The fraction of sp³-hybridized carbons (Fsp3) is 0.250. The van der Waals surface area contributed by atoms with Gasteiger partial charge in [-0.15, -0.1) is 0 Å². The van der Waals surface area contributed by atoms with Crippen molar-refractivity contribution in [2.75, 3.05) is 0 Å². The number of carboxylic acids is 1. The minimum Gasteiger partial charge on any atom is -0.477 e. The third-order valence-electron chi connectivity index (χ3n) is 4.19. The minimum absolute atomic E-state index is 0.0220. The first-order valence-electron chi connectivity index (χ1n) is 7.24. The van der Waals surface area contributed by atoms with Gasteiger partial charge in [-0.25, -0.2) is 4.79 Å². The van der Waals surface area contributed by atoms with E-state index in [0.29, 0.717) is 17.8 Å². The Morgan fingerprint density at radius 1 is 1.46 bits per heavy atom. The second-order valence-electron chi connectivity index (χ2n) is 5.54. The molecule has 2 heterocycles. The molecule has 2 aliphatic rings. The zero-order valence-electron chi connectivity index (χ0n) is 12.8. The molecule has 8 heteroatoms. The molecule has 1 unspecified atom stereocenters. The van der Waals surface area contributed by atoms with E-state index in [1.54, 1.807) is 17.0 Å². The fourth-order valence-corrected chi connectivity index (χ4v) is 5.10. The molecule has 1 atom stereocenters. The summed E-state index contributed by atoms with van der Waals surface area (Å²) in [5.41, 5.74) is 1.84. The highest BCUT2D eigenvalue weighted by Crippen LogP contribution is 2.59. The highest BCUT2D eigenvalue weighted by atomic mass is 32.2. The zero-order chi connectivity index (χ0) is 17.6. The lowest BCUT2D eigenvalue weighted by atomic mass is 9.89. The van der Waals surface area contributed by atoms with Crippen LogP contribution in [0.2, 0.25) is 0 Å². The van der Waals surface area contributed by atoms with Gasteiger partial charge in [0.15, 0.2) is 0 Å². The summed E-state index contributed by atoms with van der Waals surface area (Å²) in [5, 5.41) is 20.3. The molecule has 2 aliphatic heterocycles. The molecular weight excluding hydrogens is 348 g/mol. The van der Waals surface area contributed by atoms with Crippen molar-refractivity contribution in [1.82, 2.24) is 4.90 Å². The number of nitrogens with zero attached hydrogens (tertiary/aromatic N) is 2. The highest BCUT2D eigenvalue weighted by molar-refractivity contribution is 8.05. The lowest BCUT2D eigenvalue weighted by Gasteiger charge is -2.51. The van der Waals surface area contributed by atoms with Crippen LogP contribution in [0.5, 0.6) is 0 Å². The summed E-state index contributed by atoms with van der Waals surface area (Å²) in [4.78, 5) is 24.2. The average molecular weight is 362 g/mol. The van der Waals surface area contributed by atoms with Gasteiger partial charge in [-0.3, -0.25) is 10.1 Å².